The van der Waals surface area contributed by atoms with Gasteiger partial charge in [0.25, 0.3) is 11.8 Å². The molecule has 1 fully saturated rings. The Morgan fingerprint density at radius 1 is 1.00 bits per heavy atom. The van der Waals surface area contributed by atoms with Crippen LogP contribution in [0.1, 0.15) is 57.3 Å². The summed E-state index contributed by atoms with van der Waals surface area (Å²) in [7, 11) is 0. The zero-order chi connectivity index (χ0) is 26.2. The largest absolute Gasteiger partial charge is 0.380 e. The first-order valence-corrected chi connectivity index (χ1v) is 12.6. The van der Waals surface area contributed by atoms with E-state index in [1.165, 1.54) is 6.20 Å². The molecule has 1 saturated heterocycles. The first kappa shape index (κ1) is 25.9. The van der Waals surface area contributed by atoms with Crippen LogP contribution in [0.2, 0.25) is 0 Å². The van der Waals surface area contributed by atoms with Crippen molar-refractivity contribution in [3.63, 3.8) is 0 Å². The molecule has 37 heavy (non-hydrogen) atoms. The number of piperidine rings is 1. The lowest BCUT2D eigenvalue weighted by Crippen LogP contribution is -2.40. The lowest BCUT2D eigenvalue weighted by atomic mass is 9.96. The molecule has 8 heteroatoms. The summed E-state index contributed by atoms with van der Waals surface area (Å²) in [6, 6.07) is 19.2. The minimum Gasteiger partial charge on any atom is -0.380 e. The fraction of sp³-hybridized carbons (Fsp3) is 0.310. The Hall–Kier alpha value is -4.20. The first-order chi connectivity index (χ1) is 17.9. The average molecular weight is 500 g/mol. The van der Waals surface area contributed by atoms with Crippen LogP contribution in [0.25, 0.3) is 0 Å². The molecule has 1 aliphatic rings. The molecule has 3 amide bonds. The Kier molecular flexibility index (Phi) is 8.51. The number of nitrogens with zero attached hydrogens (tertiary/aromatic N) is 2. The molecule has 4 N–H and O–H groups in total. The Morgan fingerprint density at radius 2 is 1.73 bits per heavy atom. The number of carbonyl (C=O) groups is 3. The van der Waals surface area contributed by atoms with Gasteiger partial charge in [-0.25, -0.2) is 0 Å². The monoisotopic (exact) mass is 499 g/mol. The minimum absolute atomic E-state index is 0.108. The van der Waals surface area contributed by atoms with Crippen molar-refractivity contribution in [1.82, 2.24) is 15.2 Å². The van der Waals surface area contributed by atoms with Gasteiger partial charge in [0.1, 0.15) is 0 Å². The topological polar surface area (TPSA) is 117 Å². The number of pyridine rings is 1. The molecule has 1 aliphatic heterocycles. The number of nitrogens with one attached hydrogen (secondary N) is 2. The van der Waals surface area contributed by atoms with E-state index in [1.807, 2.05) is 59.5 Å². The third kappa shape index (κ3) is 7.16. The quantitative estimate of drug-likeness (QED) is 0.417. The summed E-state index contributed by atoms with van der Waals surface area (Å²) >= 11 is 0. The molecule has 0 saturated carbocycles. The van der Waals surface area contributed by atoms with E-state index in [9.17, 15) is 14.4 Å². The van der Waals surface area contributed by atoms with Crippen molar-refractivity contribution in [1.29, 1.82) is 0 Å². The molecule has 2 heterocycles. The molecule has 0 atom stereocenters. The second-order valence-corrected chi connectivity index (χ2v) is 9.46. The van der Waals surface area contributed by atoms with E-state index in [2.05, 4.69) is 15.6 Å². The van der Waals surface area contributed by atoms with E-state index < -0.39 is 5.91 Å². The van der Waals surface area contributed by atoms with Crippen LogP contribution in [0.15, 0.2) is 66.9 Å². The van der Waals surface area contributed by atoms with Gasteiger partial charge in [-0.3, -0.25) is 19.4 Å². The summed E-state index contributed by atoms with van der Waals surface area (Å²) < 4.78 is 0. The standard InChI is InChI=1S/C29H33N5O3/c1-20(35)34-12-10-22(11-13-34)18-33-29(37)24-9-5-8-23(14-24)15-25-16-27(26(19-31-25)28(30)36)32-17-21-6-3-2-4-7-21/h2-9,14,16,19,22H,10-13,15,17-18H2,1H3,(H2,30,36)(H,31,32)(H,33,37). The van der Waals surface area contributed by atoms with Gasteiger partial charge in [0.2, 0.25) is 5.91 Å². The Balaban J connectivity index is 1.38. The van der Waals surface area contributed by atoms with Crippen LogP contribution < -0.4 is 16.4 Å². The summed E-state index contributed by atoms with van der Waals surface area (Å²) in [6.45, 7) is 4.23. The summed E-state index contributed by atoms with van der Waals surface area (Å²) in [4.78, 5) is 42.5. The first-order valence-electron chi connectivity index (χ1n) is 12.6. The SMILES string of the molecule is CC(=O)N1CCC(CNC(=O)c2cccc(Cc3cc(NCc4ccccc4)c(C(N)=O)cn3)c2)CC1. The zero-order valence-corrected chi connectivity index (χ0v) is 21.1. The maximum absolute atomic E-state index is 12.8. The average Bonchev–Trinajstić information content (AvgIpc) is 2.91. The number of carbonyl (C=O) groups excluding carboxylic acids is 3. The number of amides is 3. The van der Waals surface area contributed by atoms with Crippen LogP contribution in [-0.2, 0) is 17.8 Å². The van der Waals surface area contributed by atoms with E-state index in [1.54, 1.807) is 13.0 Å². The molecule has 0 aliphatic carbocycles. The van der Waals surface area contributed by atoms with Crippen molar-refractivity contribution >= 4 is 23.4 Å². The van der Waals surface area contributed by atoms with Crippen LogP contribution in [0.5, 0.6) is 0 Å². The third-order valence-corrected chi connectivity index (χ3v) is 6.74. The normalized spacial score (nSPS) is 13.7. The highest BCUT2D eigenvalue weighted by atomic mass is 16.2. The van der Waals surface area contributed by atoms with Crippen molar-refractivity contribution in [2.24, 2.45) is 11.7 Å². The highest BCUT2D eigenvalue weighted by Gasteiger charge is 2.21. The molecular weight excluding hydrogens is 466 g/mol. The van der Waals surface area contributed by atoms with Gasteiger partial charge in [0.15, 0.2) is 0 Å². The minimum atomic E-state index is -0.541. The van der Waals surface area contributed by atoms with E-state index in [4.69, 9.17) is 5.73 Å². The lowest BCUT2D eigenvalue weighted by Gasteiger charge is -2.31. The number of primary amides is 1. The molecule has 2 aromatic carbocycles. The maximum Gasteiger partial charge on any atom is 0.252 e. The number of aromatic nitrogens is 1. The predicted molar refractivity (Wildman–Crippen MR) is 143 cm³/mol. The van der Waals surface area contributed by atoms with Crippen LogP contribution in [0.3, 0.4) is 0 Å². The fourth-order valence-corrected chi connectivity index (χ4v) is 4.55. The van der Waals surface area contributed by atoms with Crippen molar-refractivity contribution in [3.05, 3.63) is 94.8 Å². The number of rotatable bonds is 9. The number of benzene rings is 2. The molecule has 0 unspecified atom stereocenters. The summed E-state index contributed by atoms with van der Waals surface area (Å²) in [5.41, 5.74) is 9.90. The number of hydrogen-bond acceptors (Lipinski definition) is 5. The van der Waals surface area contributed by atoms with Gasteiger partial charge < -0.3 is 21.3 Å². The van der Waals surface area contributed by atoms with Gasteiger partial charge in [-0.15, -0.1) is 0 Å². The molecule has 3 aromatic rings. The van der Waals surface area contributed by atoms with Gasteiger partial charge in [0.05, 0.1) is 11.3 Å². The molecule has 1 aromatic heterocycles. The van der Waals surface area contributed by atoms with Gasteiger partial charge in [0, 0.05) is 57.0 Å². The second kappa shape index (κ2) is 12.2. The summed E-state index contributed by atoms with van der Waals surface area (Å²) in [5, 5.41) is 6.34. The van der Waals surface area contributed by atoms with Crippen molar-refractivity contribution in [3.8, 4) is 0 Å². The smallest absolute Gasteiger partial charge is 0.252 e. The molecule has 8 nitrogen and oxygen atoms in total. The molecule has 0 bridgehead atoms. The van der Waals surface area contributed by atoms with E-state index in [0.29, 0.717) is 42.2 Å². The van der Waals surface area contributed by atoms with Crippen LogP contribution in [0.4, 0.5) is 5.69 Å². The predicted octanol–water partition coefficient (Wildman–Crippen LogP) is 3.37. The van der Waals surface area contributed by atoms with E-state index >= 15 is 0 Å². The van der Waals surface area contributed by atoms with Gasteiger partial charge in [-0.05, 0) is 48.1 Å². The fourth-order valence-electron chi connectivity index (χ4n) is 4.55. The zero-order valence-electron chi connectivity index (χ0n) is 21.1. The number of likely N-dealkylation sites (tertiary alicyclic amines) is 1. The molecule has 0 radical (unpaired) electrons. The second-order valence-electron chi connectivity index (χ2n) is 9.46. The van der Waals surface area contributed by atoms with Crippen LogP contribution in [-0.4, -0.2) is 47.2 Å². The van der Waals surface area contributed by atoms with Crippen LogP contribution >= 0.6 is 0 Å². The van der Waals surface area contributed by atoms with Gasteiger partial charge in [-0.2, -0.15) is 0 Å². The molecule has 0 spiro atoms. The lowest BCUT2D eigenvalue weighted by molar-refractivity contribution is -0.130. The third-order valence-electron chi connectivity index (χ3n) is 6.74. The Labute approximate surface area is 217 Å². The Bertz CT molecular complexity index is 1250. The number of hydrogen-bond donors (Lipinski definition) is 3. The van der Waals surface area contributed by atoms with Crippen LogP contribution in [0, 0.1) is 5.92 Å². The van der Waals surface area contributed by atoms with E-state index in [-0.39, 0.29) is 11.8 Å². The van der Waals surface area contributed by atoms with Gasteiger partial charge in [-0.1, -0.05) is 42.5 Å². The summed E-state index contributed by atoms with van der Waals surface area (Å²) in [5.74, 6) is -0.173. The highest BCUT2D eigenvalue weighted by Crippen LogP contribution is 2.20. The maximum atomic E-state index is 12.8. The van der Waals surface area contributed by atoms with Gasteiger partial charge >= 0.3 is 0 Å². The summed E-state index contributed by atoms with van der Waals surface area (Å²) in [6.07, 6.45) is 3.80. The van der Waals surface area contributed by atoms with Crippen molar-refractivity contribution < 1.29 is 14.4 Å². The van der Waals surface area contributed by atoms with Crippen molar-refractivity contribution in [2.75, 3.05) is 25.0 Å². The molecule has 4 rings (SSSR count). The highest BCUT2D eigenvalue weighted by molar-refractivity contribution is 5.98. The number of anilines is 1. The molecule has 192 valence electrons. The number of nitrogens with two attached hydrogens (primary N) is 1. The van der Waals surface area contributed by atoms with E-state index in [0.717, 1.165) is 42.8 Å². The Morgan fingerprint density at radius 3 is 2.43 bits per heavy atom. The van der Waals surface area contributed by atoms with Crippen molar-refractivity contribution in [2.45, 2.75) is 32.7 Å². The molecular formula is C29H33N5O3.